The Labute approximate surface area is 243 Å². The van der Waals surface area contributed by atoms with Crippen LogP contribution in [0.2, 0.25) is 0 Å². The number of esters is 1. The number of hydrazone groups is 1. The van der Waals surface area contributed by atoms with E-state index < -0.39 is 17.5 Å². The van der Waals surface area contributed by atoms with Crippen molar-refractivity contribution in [3.05, 3.63) is 113 Å². The maximum Gasteiger partial charge on any atom is 0.343 e. The van der Waals surface area contributed by atoms with Crippen LogP contribution in [-0.4, -0.2) is 51.6 Å². The molecule has 0 aliphatic carbocycles. The smallest absolute Gasteiger partial charge is 0.343 e. The molecule has 0 aliphatic rings. The first kappa shape index (κ1) is 29.6. The number of carbonyl (C=O) groups is 2. The number of rotatable bonds is 11. The van der Waals surface area contributed by atoms with Gasteiger partial charge in [-0.25, -0.2) is 10.2 Å². The summed E-state index contributed by atoms with van der Waals surface area (Å²) in [6, 6.07) is 24.9. The summed E-state index contributed by atoms with van der Waals surface area (Å²) in [6.07, 6.45) is 1.38. The number of ether oxygens (including phenoxy) is 5. The van der Waals surface area contributed by atoms with Crippen LogP contribution in [0.3, 0.4) is 0 Å². The SMILES string of the molecule is COc1cc(/C=N\NC(=O)C(O)(c2ccccc2)c2ccccc2)ccc1OC(=O)c1cc(OC)c(OC)c(OC)c1. The maximum absolute atomic E-state index is 13.2. The van der Waals surface area contributed by atoms with Gasteiger partial charge in [0.15, 0.2) is 28.6 Å². The third kappa shape index (κ3) is 6.18. The topological polar surface area (TPSA) is 125 Å². The predicted octanol–water partition coefficient (Wildman–Crippen LogP) is 4.33. The fourth-order valence-corrected chi connectivity index (χ4v) is 4.24. The number of nitrogens with one attached hydrogen (secondary N) is 1. The molecule has 42 heavy (non-hydrogen) atoms. The zero-order valence-electron chi connectivity index (χ0n) is 23.5. The van der Waals surface area contributed by atoms with Gasteiger partial charge in [0, 0.05) is 0 Å². The average Bonchev–Trinajstić information content (AvgIpc) is 3.04. The Bertz CT molecular complexity index is 1510. The highest BCUT2D eigenvalue weighted by atomic mass is 16.6. The van der Waals surface area contributed by atoms with Gasteiger partial charge >= 0.3 is 5.97 Å². The van der Waals surface area contributed by atoms with Crippen LogP contribution in [0.1, 0.15) is 27.0 Å². The van der Waals surface area contributed by atoms with E-state index >= 15 is 0 Å². The van der Waals surface area contributed by atoms with Crippen molar-refractivity contribution in [2.75, 3.05) is 28.4 Å². The summed E-state index contributed by atoms with van der Waals surface area (Å²) in [4.78, 5) is 26.2. The van der Waals surface area contributed by atoms with Crippen LogP contribution < -0.4 is 29.1 Å². The number of methoxy groups -OCH3 is 4. The van der Waals surface area contributed by atoms with Crippen molar-refractivity contribution in [2.45, 2.75) is 5.60 Å². The molecule has 216 valence electrons. The molecular formula is C32H30N2O8. The minimum Gasteiger partial charge on any atom is -0.493 e. The number of hydrogen-bond donors (Lipinski definition) is 2. The van der Waals surface area contributed by atoms with Gasteiger partial charge in [0.2, 0.25) is 5.75 Å². The second-order valence-electron chi connectivity index (χ2n) is 8.86. The van der Waals surface area contributed by atoms with Crippen molar-refractivity contribution >= 4 is 18.1 Å². The minimum atomic E-state index is -1.97. The summed E-state index contributed by atoms with van der Waals surface area (Å²) < 4.78 is 26.9. The molecule has 0 saturated carbocycles. The Morgan fingerprint density at radius 2 is 1.26 bits per heavy atom. The quantitative estimate of drug-likeness (QED) is 0.118. The molecule has 0 aromatic heterocycles. The van der Waals surface area contributed by atoms with Gasteiger partial charge in [-0.15, -0.1) is 0 Å². The molecule has 4 rings (SSSR count). The lowest BCUT2D eigenvalue weighted by Crippen LogP contribution is -2.43. The molecule has 0 fully saturated rings. The van der Waals surface area contributed by atoms with Gasteiger partial charge in [-0.3, -0.25) is 4.79 Å². The Morgan fingerprint density at radius 3 is 1.76 bits per heavy atom. The van der Waals surface area contributed by atoms with Gasteiger partial charge in [-0.05, 0) is 47.0 Å². The van der Waals surface area contributed by atoms with Crippen LogP contribution in [0.4, 0.5) is 0 Å². The number of carbonyl (C=O) groups excluding carboxylic acids is 2. The Hall–Kier alpha value is -5.35. The average molecular weight is 571 g/mol. The molecule has 0 heterocycles. The molecule has 10 nitrogen and oxygen atoms in total. The van der Waals surface area contributed by atoms with Crippen molar-refractivity contribution in [1.82, 2.24) is 5.43 Å². The zero-order chi connectivity index (χ0) is 30.1. The van der Waals surface area contributed by atoms with Gasteiger partial charge in [0.1, 0.15) is 0 Å². The number of nitrogens with zero attached hydrogens (tertiary/aromatic N) is 1. The standard InChI is InChI=1S/C32H30N2O8/c1-38-26-17-21(15-16-25(26)42-30(35)22-18-27(39-2)29(41-4)28(19-22)40-3)20-33-34-31(36)32(37,23-11-7-5-8-12-23)24-13-9-6-10-14-24/h5-20,37H,1-4H3,(H,34,36)/b33-20-. The molecule has 0 unspecified atom stereocenters. The van der Waals surface area contributed by atoms with Crippen molar-refractivity contribution in [3.63, 3.8) is 0 Å². The van der Waals surface area contributed by atoms with E-state index in [0.717, 1.165) is 0 Å². The Morgan fingerprint density at radius 1 is 0.714 bits per heavy atom. The monoisotopic (exact) mass is 570 g/mol. The number of hydrogen-bond acceptors (Lipinski definition) is 9. The summed E-state index contributed by atoms with van der Waals surface area (Å²) in [5.41, 5.74) is 1.94. The van der Waals surface area contributed by atoms with Crippen molar-refractivity contribution in [1.29, 1.82) is 0 Å². The summed E-state index contributed by atoms with van der Waals surface area (Å²) in [7, 11) is 5.78. The van der Waals surface area contributed by atoms with Crippen LogP contribution in [0.5, 0.6) is 28.7 Å². The van der Waals surface area contributed by atoms with Crippen LogP contribution in [0.25, 0.3) is 0 Å². The van der Waals surface area contributed by atoms with Gasteiger partial charge < -0.3 is 28.8 Å². The number of amides is 1. The first-order valence-electron chi connectivity index (χ1n) is 12.7. The molecule has 10 heteroatoms. The van der Waals surface area contributed by atoms with Gasteiger partial charge in [-0.1, -0.05) is 60.7 Å². The fourth-order valence-electron chi connectivity index (χ4n) is 4.24. The maximum atomic E-state index is 13.2. The van der Waals surface area contributed by atoms with Crippen LogP contribution in [-0.2, 0) is 10.4 Å². The van der Waals surface area contributed by atoms with Gasteiger partial charge in [0.05, 0.1) is 40.2 Å². The molecule has 1 amide bonds. The van der Waals surface area contributed by atoms with E-state index in [4.69, 9.17) is 23.7 Å². The Kier molecular flexibility index (Phi) is 9.41. The molecule has 0 bridgehead atoms. The van der Waals surface area contributed by atoms with Crippen molar-refractivity contribution in [3.8, 4) is 28.7 Å². The molecule has 0 radical (unpaired) electrons. The van der Waals surface area contributed by atoms with E-state index in [0.29, 0.717) is 33.9 Å². The second-order valence-corrected chi connectivity index (χ2v) is 8.86. The summed E-state index contributed by atoms with van der Waals surface area (Å²) in [5.74, 6) is -0.0695. The highest BCUT2D eigenvalue weighted by Gasteiger charge is 2.39. The Balaban J connectivity index is 1.52. The van der Waals surface area contributed by atoms with Crippen LogP contribution in [0.15, 0.2) is 96.1 Å². The van der Waals surface area contributed by atoms with E-state index in [2.05, 4.69) is 10.5 Å². The third-order valence-corrected chi connectivity index (χ3v) is 6.38. The number of aliphatic hydroxyl groups is 1. The molecule has 0 aliphatic heterocycles. The highest BCUT2D eigenvalue weighted by molar-refractivity contribution is 5.93. The molecular weight excluding hydrogens is 540 g/mol. The van der Waals surface area contributed by atoms with E-state index in [1.807, 2.05) is 0 Å². The lowest BCUT2D eigenvalue weighted by atomic mass is 9.85. The lowest BCUT2D eigenvalue weighted by molar-refractivity contribution is -0.136. The molecule has 0 atom stereocenters. The van der Waals surface area contributed by atoms with Gasteiger partial charge in [0.25, 0.3) is 5.91 Å². The van der Waals surface area contributed by atoms with Crippen molar-refractivity contribution in [2.24, 2.45) is 5.10 Å². The highest BCUT2D eigenvalue weighted by Crippen LogP contribution is 2.39. The molecule has 4 aromatic rings. The lowest BCUT2D eigenvalue weighted by Gasteiger charge is -2.27. The normalized spacial score (nSPS) is 11.1. The fraction of sp³-hybridized carbons (Fsp3) is 0.156. The van der Waals surface area contributed by atoms with E-state index in [9.17, 15) is 14.7 Å². The summed E-state index contributed by atoms with van der Waals surface area (Å²) in [5, 5.41) is 15.6. The van der Waals surface area contributed by atoms with E-state index in [-0.39, 0.29) is 17.1 Å². The van der Waals surface area contributed by atoms with Gasteiger partial charge in [-0.2, -0.15) is 5.10 Å². The summed E-state index contributed by atoms with van der Waals surface area (Å²) in [6.45, 7) is 0. The molecule has 0 spiro atoms. The molecule has 0 saturated heterocycles. The van der Waals surface area contributed by atoms with E-state index in [1.54, 1.807) is 72.8 Å². The second kappa shape index (κ2) is 13.3. The molecule has 4 aromatic carbocycles. The molecule has 2 N–H and O–H groups in total. The first-order valence-corrected chi connectivity index (χ1v) is 12.7. The first-order chi connectivity index (χ1) is 20.3. The zero-order valence-corrected chi connectivity index (χ0v) is 23.5. The van der Waals surface area contributed by atoms with Crippen molar-refractivity contribution < 1.29 is 38.4 Å². The third-order valence-electron chi connectivity index (χ3n) is 6.38. The number of benzene rings is 4. The van der Waals surface area contributed by atoms with E-state index in [1.165, 1.54) is 52.9 Å². The largest absolute Gasteiger partial charge is 0.493 e. The van der Waals surface area contributed by atoms with Crippen LogP contribution in [0, 0.1) is 0 Å². The summed E-state index contributed by atoms with van der Waals surface area (Å²) >= 11 is 0. The predicted molar refractivity (Wildman–Crippen MR) is 156 cm³/mol. The minimum absolute atomic E-state index is 0.153. The van der Waals surface area contributed by atoms with Crippen LogP contribution >= 0.6 is 0 Å².